The third kappa shape index (κ3) is 2.34. The second-order valence-electron chi connectivity index (χ2n) is 3.47. The standard InChI is InChI=1S/C7H10F3NO3/c8-7(9,10)4-1-2-6(12)5(3-4)11(13)14/h4-6,12H,1-3H2. The Labute approximate surface area is 77.9 Å². The first kappa shape index (κ1) is 11.2. The Balaban J connectivity index is 2.67. The summed E-state index contributed by atoms with van der Waals surface area (Å²) < 4.78 is 36.6. The fraction of sp³-hybridized carbons (Fsp3) is 1.00. The monoisotopic (exact) mass is 213 g/mol. The molecule has 0 aromatic carbocycles. The molecule has 4 nitrogen and oxygen atoms in total. The fourth-order valence-electron chi connectivity index (χ4n) is 1.65. The minimum atomic E-state index is -4.39. The maximum atomic E-state index is 12.2. The molecule has 0 radical (unpaired) electrons. The summed E-state index contributed by atoms with van der Waals surface area (Å²) in [6, 6.07) is -1.48. The summed E-state index contributed by atoms with van der Waals surface area (Å²) in [4.78, 5) is 9.48. The number of nitro groups is 1. The van der Waals surface area contributed by atoms with Crippen LogP contribution in [0.4, 0.5) is 13.2 Å². The van der Waals surface area contributed by atoms with Crippen molar-refractivity contribution in [1.29, 1.82) is 0 Å². The highest BCUT2D eigenvalue weighted by Crippen LogP contribution is 2.38. The first-order chi connectivity index (χ1) is 6.32. The largest absolute Gasteiger partial charge is 0.392 e. The minimum Gasteiger partial charge on any atom is -0.386 e. The number of aliphatic hydroxyl groups is 1. The van der Waals surface area contributed by atoms with Gasteiger partial charge in [0.05, 0.1) is 5.92 Å². The van der Waals surface area contributed by atoms with Gasteiger partial charge in [-0.15, -0.1) is 0 Å². The van der Waals surface area contributed by atoms with Crippen LogP contribution in [0.3, 0.4) is 0 Å². The van der Waals surface area contributed by atoms with Crippen LogP contribution in [0.5, 0.6) is 0 Å². The second-order valence-corrected chi connectivity index (χ2v) is 3.47. The summed E-state index contributed by atoms with van der Waals surface area (Å²) in [7, 11) is 0. The summed E-state index contributed by atoms with van der Waals surface area (Å²) in [5.74, 6) is -1.65. The molecule has 1 rings (SSSR count). The lowest BCUT2D eigenvalue weighted by Gasteiger charge is -2.29. The van der Waals surface area contributed by atoms with Crippen LogP contribution in [-0.2, 0) is 0 Å². The zero-order valence-electron chi connectivity index (χ0n) is 7.20. The minimum absolute atomic E-state index is 0.157. The van der Waals surface area contributed by atoms with Crippen molar-refractivity contribution in [3.8, 4) is 0 Å². The molecule has 3 atom stereocenters. The fourth-order valence-corrected chi connectivity index (χ4v) is 1.65. The highest BCUT2D eigenvalue weighted by molar-refractivity contribution is 4.83. The zero-order valence-corrected chi connectivity index (χ0v) is 7.20. The average Bonchev–Trinajstić information content (AvgIpc) is 2.02. The van der Waals surface area contributed by atoms with Gasteiger partial charge in [0.2, 0.25) is 6.04 Å². The van der Waals surface area contributed by atoms with Gasteiger partial charge in [0.1, 0.15) is 6.10 Å². The molecule has 7 heteroatoms. The van der Waals surface area contributed by atoms with E-state index in [1.54, 1.807) is 0 Å². The van der Waals surface area contributed by atoms with Crippen molar-refractivity contribution < 1.29 is 23.2 Å². The van der Waals surface area contributed by atoms with Crippen LogP contribution in [0.1, 0.15) is 19.3 Å². The number of alkyl halides is 3. The number of aliphatic hydroxyl groups excluding tert-OH is 1. The SMILES string of the molecule is O=[N+]([O-])C1CC(C(F)(F)F)CCC1O. The van der Waals surface area contributed by atoms with Crippen LogP contribution in [0, 0.1) is 16.0 Å². The molecule has 3 unspecified atom stereocenters. The van der Waals surface area contributed by atoms with E-state index in [4.69, 9.17) is 5.11 Å². The average molecular weight is 213 g/mol. The van der Waals surface area contributed by atoms with Crippen molar-refractivity contribution in [2.24, 2.45) is 5.92 Å². The first-order valence-corrected chi connectivity index (χ1v) is 4.20. The Kier molecular flexibility index (Phi) is 2.98. The van der Waals surface area contributed by atoms with Gasteiger partial charge in [0.25, 0.3) is 0 Å². The van der Waals surface area contributed by atoms with Gasteiger partial charge < -0.3 is 5.11 Å². The van der Waals surface area contributed by atoms with E-state index >= 15 is 0 Å². The predicted octanol–water partition coefficient (Wildman–Crippen LogP) is 1.35. The van der Waals surface area contributed by atoms with Gasteiger partial charge in [-0.1, -0.05) is 0 Å². The second kappa shape index (κ2) is 3.72. The molecule has 1 saturated carbocycles. The number of rotatable bonds is 1. The van der Waals surface area contributed by atoms with Crippen molar-refractivity contribution in [2.45, 2.75) is 37.6 Å². The molecule has 0 heterocycles. The first-order valence-electron chi connectivity index (χ1n) is 4.20. The number of halogens is 3. The maximum absolute atomic E-state index is 12.2. The molecule has 1 aliphatic rings. The van der Waals surface area contributed by atoms with Crippen LogP contribution in [0.25, 0.3) is 0 Å². The molecule has 14 heavy (non-hydrogen) atoms. The van der Waals surface area contributed by atoms with Crippen LogP contribution < -0.4 is 0 Å². The highest BCUT2D eigenvalue weighted by Gasteiger charge is 2.48. The summed E-state index contributed by atoms with van der Waals surface area (Å²) in [6.45, 7) is 0. The normalized spacial score (nSPS) is 34.1. The highest BCUT2D eigenvalue weighted by atomic mass is 19.4. The molecular weight excluding hydrogens is 203 g/mol. The molecule has 1 fully saturated rings. The summed E-state index contributed by atoms with van der Waals surface area (Å²) in [6.07, 6.45) is -6.64. The lowest BCUT2D eigenvalue weighted by Crippen LogP contribution is -2.43. The third-order valence-electron chi connectivity index (χ3n) is 2.51. The molecule has 1 aliphatic carbocycles. The van der Waals surface area contributed by atoms with Gasteiger partial charge in [-0.3, -0.25) is 10.1 Å². The van der Waals surface area contributed by atoms with Gasteiger partial charge in [-0.05, 0) is 12.8 Å². The lowest BCUT2D eigenvalue weighted by molar-refractivity contribution is -0.541. The Bertz CT molecular complexity index is 231. The zero-order chi connectivity index (χ0) is 10.9. The van der Waals surface area contributed by atoms with Crippen LogP contribution in [0.15, 0.2) is 0 Å². The topological polar surface area (TPSA) is 63.4 Å². The van der Waals surface area contributed by atoms with Gasteiger partial charge in [-0.2, -0.15) is 13.2 Å². The summed E-state index contributed by atoms with van der Waals surface area (Å²) in [5, 5.41) is 19.4. The van der Waals surface area contributed by atoms with Gasteiger partial charge >= 0.3 is 6.18 Å². The van der Waals surface area contributed by atoms with Crippen molar-refractivity contribution in [3.63, 3.8) is 0 Å². The molecule has 0 aromatic rings. The van der Waals surface area contributed by atoms with Gasteiger partial charge in [-0.25, -0.2) is 0 Å². The number of nitrogens with zero attached hydrogens (tertiary/aromatic N) is 1. The molecule has 0 aliphatic heterocycles. The molecule has 0 amide bonds. The summed E-state index contributed by atoms with van der Waals surface area (Å²) >= 11 is 0. The van der Waals surface area contributed by atoms with E-state index in [1.807, 2.05) is 0 Å². The number of hydrogen-bond acceptors (Lipinski definition) is 3. The van der Waals surface area contributed by atoms with E-state index < -0.39 is 35.6 Å². The Morgan fingerprint density at radius 2 is 1.93 bits per heavy atom. The van der Waals surface area contributed by atoms with E-state index in [1.165, 1.54) is 0 Å². The molecular formula is C7H10F3NO3. The van der Waals surface area contributed by atoms with Crippen LogP contribution in [-0.4, -0.2) is 28.4 Å². The van der Waals surface area contributed by atoms with E-state index in [9.17, 15) is 23.3 Å². The van der Waals surface area contributed by atoms with Crippen molar-refractivity contribution >= 4 is 0 Å². The molecule has 0 bridgehead atoms. The van der Waals surface area contributed by atoms with E-state index in [0.717, 1.165) is 0 Å². The van der Waals surface area contributed by atoms with Gasteiger partial charge in [0.15, 0.2) is 0 Å². The molecule has 1 N–H and O–H groups in total. The van der Waals surface area contributed by atoms with Crippen LogP contribution >= 0.6 is 0 Å². The lowest BCUT2D eigenvalue weighted by atomic mass is 9.84. The Hall–Kier alpha value is -0.850. The Morgan fingerprint density at radius 1 is 1.36 bits per heavy atom. The Morgan fingerprint density at radius 3 is 2.36 bits per heavy atom. The molecule has 0 saturated heterocycles. The number of hydrogen-bond donors (Lipinski definition) is 1. The van der Waals surface area contributed by atoms with Gasteiger partial charge in [0, 0.05) is 11.3 Å². The molecule has 82 valence electrons. The van der Waals surface area contributed by atoms with E-state index in [0.29, 0.717) is 0 Å². The van der Waals surface area contributed by atoms with Crippen molar-refractivity contribution in [3.05, 3.63) is 10.1 Å². The quantitative estimate of drug-likeness (QED) is 0.528. The van der Waals surface area contributed by atoms with E-state index in [-0.39, 0.29) is 12.8 Å². The summed E-state index contributed by atoms with van der Waals surface area (Å²) in [5.41, 5.74) is 0. The van der Waals surface area contributed by atoms with Crippen LogP contribution in [0.2, 0.25) is 0 Å². The smallest absolute Gasteiger partial charge is 0.386 e. The third-order valence-corrected chi connectivity index (χ3v) is 2.51. The van der Waals surface area contributed by atoms with Crippen molar-refractivity contribution in [1.82, 2.24) is 0 Å². The maximum Gasteiger partial charge on any atom is 0.392 e. The predicted molar refractivity (Wildman–Crippen MR) is 40.2 cm³/mol. The molecule has 0 spiro atoms. The molecule has 0 aromatic heterocycles. The van der Waals surface area contributed by atoms with E-state index in [2.05, 4.69) is 0 Å². The van der Waals surface area contributed by atoms with Crippen molar-refractivity contribution in [2.75, 3.05) is 0 Å².